The van der Waals surface area contributed by atoms with Crippen molar-refractivity contribution in [2.75, 3.05) is 7.11 Å². The van der Waals surface area contributed by atoms with Crippen LogP contribution in [-0.4, -0.2) is 25.3 Å². The van der Waals surface area contributed by atoms with Crippen molar-refractivity contribution in [1.29, 1.82) is 0 Å². The molecule has 0 aliphatic heterocycles. The van der Waals surface area contributed by atoms with Crippen LogP contribution in [0, 0.1) is 12.7 Å². The SMILES string of the molecule is COc1ccc(S(=O)(=O)NCc2cnn(C)c2)c(C)c1F. The molecule has 2 aromatic rings. The van der Waals surface area contributed by atoms with E-state index in [9.17, 15) is 12.8 Å². The number of ether oxygens (including phenoxy) is 1. The normalized spacial score (nSPS) is 11.6. The van der Waals surface area contributed by atoms with E-state index in [1.54, 1.807) is 24.1 Å². The van der Waals surface area contributed by atoms with Crippen molar-refractivity contribution in [3.63, 3.8) is 0 Å². The third-order valence-corrected chi connectivity index (χ3v) is 4.58. The van der Waals surface area contributed by atoms with Crippen LogP contribution >= 0.6 is 0 Å². The van der Waals surface area contributed by atoms with Crippen LogP contribution in [0.5, 0.6) is 5.75 Å². The minimum atomic E-state index is -3.81. The molecule has 0 amide bonds. The quantitative estimate of drug-likeness (QED) is 0.904. The van der Waals surface area contributed by atoms with Gasteiger partial charge in [0.2, 0.25) is 10.0 Å². The maximum atomic E-state index is 13.9. The second-order valence-corrected chi connectivity index (χ2v) is 6.29. The second kappa shape index (κ2) is 5.82. The van der Waals surface area contributed by atoms with Gasteiger partial charge in [-0.3, -0.25) is 4.68 Å². The number of hydrogen-bond donors (Lipinski definition) is 1. The first-order valence-corrected chi connectivity index (χ1v) is 7.63. The molecule has 0 bridgehead atoms. The van der Waals surface area contributed by atoms with E-state index in [0.29, 0.717) is 5.56 Å². The lowest BCUT2D eigenvalue weighted by atomic mass is 10.2. The molecule has 0 fully saturated rings. The number of hydrogen-bond acceptors (Lipinski definition) is 4. The van der Waals surface area contributed by atoms with E-state index < -0.39 is 15.8 Å². The number of aryl methyl sites for hydroxylation is 1. The first-order valence-electron chi connectivity index (χ1n) is 6.15. The molecule has 0 aliphatic carbocycles. The number of sulfonamides is 1. The van der Waals surface area contributed by atoms with Crippen LogP contribution in [0.15, 0.2) is 29.4 Å². The van der Waals surface area contributed by atoms with Crippen molar-refractivity contribution in [2.24, 2.45) is 7.05 Å². The van der Waals surface area contributed by atoms with Gasteiger partial charge in [-0.15, -0.1) is 0 Å². The molecular formula is C13H16FN3O3S. The van der Waals surface area contributed by atoms with Crippen LogP contribution in [0.1, 0.15) is 11.1 Å². The molecule has 1 aromatic carbocycles. The topological polar surface area (TPSA) is 73.2 Å². The van der Waals surface area contributed by atoms with E-state index in [4.69, 9.17) is 4.74 Å². The summed E-state index contributed by atoms with van der Waals surface area (Å²) in [6, 6.07) is 2.61. The lowest BCUT2D eigenvalue weighted by Gasteiger charge is -2.11. The Labute approximate surface area is 122 Å². The number of rotatable bonds is 5. The highest BCUT2D eigenvalue weighted by Crippen LogP contribution is 2.25. The molecule has 1 N–H and O–H groups in total. The van der Waals surface area contributed by atoms with E-state index >= 15 is 0 Å². The van der Waals surface area contributed by atoms with Gasteiger partial charge in [-0.2, -0.15) is 5.10 Å². The third kappa shape index (κ3) is 3.22. The monoisotopic (exact) mass is 313 g/mol. The predicted octanol–water partition coefficient (Wildman–Crippen LogP) is 1.35. The lowest BCUT2D eigenvalue weighted by molar-refractivity contribution is 0.384. The Morgan fingerprint density at radius 2 is 2.14 bits per heavy atom. The number of aromatic nitrogens is 2. The van der Waals surface area contributed by atoms with E-state index in [0.717, 1.165) is 0 Å². The van der Waals surface area contributed by atoms with Gasteiger partial charge in [-0.25, -0.2) is 17.5 Å². The Hall–Kier alpha value is -1.93. The van der Waals surface area contributed by atoms with Gasteiger partial charge in [0.1, 0.15) is 0 Å². The maximum Gasteiger partial charge on any atom is 0.241 e. The summed E-state index contributed by atoms with van der Waals surface area (Å²) in [7, 11) is -0.747. The van der Waals surface area contributed by atoms with E-state index in [1.807, 2.05) is 0 Å². The molecule has 114 valence electrons. The van der Waals surface area contributed by atoms with E-state index in [2.05, 4.69) is 9.82 Å². The van der Waals surface area contributed by atoms with Crippen LogP contribution in [0.2, 0.25) is 0 Å². The van der Waals surface area contributed by atoms with Gasteiger partial charge in [0.25, 0.3) is 0 Å². The van der Waals surface area contributed by atoms with Crippen molar-refractivity contribution in [2.45, 2.75) is 18.4 Å². The van der Waals surface area contributed by atoms with Crippen molar-refractivity contribution < 1.29 is 17.5 Å². The molecular weight excluding hydrogens is 297 g/mol. The Bertz CT molecular complexity index is 756. The Morgan fingerprint density at radius 3 is 2.71 bits per heavy atom. The van der Waals surface area contributed by atoms with Crippen molar-refractivity contribution in [3.8, 4) is 5.75 Å². The first kappa shape index (κ1) is 15.5. The zero-order chi connectivity index (χ0) is 15.6. The molecule has 0 aliphatic rings. The Morgan fingerprint density at radius 1 is 1.43 bits per heavy atom. The number of nitrogens with one attached hydrogen (secondary N) is 1. The van der Waals surface area contributed by atoms with Gasteiger partial charge in [0, 0.05) is 30.9 Å². The van der Waals surface area contributed by atoms with Gasteiger partial charge >= 0.3 is 0 Å². The smallest absolute Gasteiger partial charge is 0.241 e. The van der Waals surface area contributed by atoms with Gasteiger partial charge in [0.05, 0.1) is 18.2 Å². The van der Waals surface area contributed by atoms with Crippen LogP contribution in [0.3, 0.4) is 0 Å². The Balaban J connectivity index is 2.25. The van der Waals surface area contributed by atoms with Crippen molar-refractivity contribution in [3.05, 3.63) is 41.5 Å². The fourth-order valence-electron chi connectivity index (χ4n) is 1.91. The molecule has 8 heteroatoms. The maximum absolute atomic E-state index is 13.9. The average molecular weight is 313 g/mol. The first-order chi connectivity index (χ1) is 9.85. The molecule has 0 spiro atoms. The molecule has 0 saturated heterocycles. The third-order valence-electron chi connectivity index (χ3n) is 3.04. The van der Waals surface area contributed by atoms with Gasteiger partial charge < -0.3 is 4.74 Å². The second-order valence-electron chi connectivity index (χ2n) is 4.55. The Kier molecular flexibility index (Phi) is 4.29. The average Bonchev–Trinajstić information content (AvgIpc) is 2.85. The summed E-state index contributed by atoms with van der Waals surface area (Å²) in [4.78, 5) is -0.107. The molecule has 2 rings (SSSR count). The minimum Gasteiger partial charge on any atom is -0.494 e. The number of halogens is 1. The van der Waals surface area contributed by atoms with Gasteiger partial charge in [-0.05, 0) is 19.1 Å². The van der Waals surface area contributed by atoms with Crippen molar-refractivity contribution in [1.82, 2.24) is 14.5 Å². The van der Waals surface area contributed by atoms with Gasteiger partial charge in [0.15, 0.2) is 11.6 Å². The number of benzene rings is 1. The largest absolute Gasteiger partial charge is 0.494 e. The minimum absolute atomic E-state index is 0.0127. The predicted molar refractivity (Wildman–Crippen MR) is 74.9 cm³/mol. The van der Waals surface area contributed by atoms with Crippen molar-refractivity contribution >= 4 is 10.0 Å². The molecule has 0 radical (unpaired) electrons. The number of methoxy groups -OCH3 is 1. The van der Waals surface area contributed by atoms with E-state index in [-0.39, 0.29) is 22.8 Å². The molecule has 1 aromatic heterocycles. The van der Waals surface area contributed by atoms with Crippen LogP contribution in [0.4, 0.5) is 4.39 Å². The van der Waals surface area contributed by atoms with Gasteiger partial charge in [-0.1, -0.05) is 0 Å². The molecule has 0 saturated carbocycles. The summed E-state index contributed by atoms with van der Waals surface area (Å²) in [5, 5.41) is 3.95. The molecule has 1 heterocycles. The highest BCUT2D eigenvalue weighted by Gasteiger charge is 2.21. The summed E-state index contributed by atoms with van der Waals surface area (Å²) in [6.45, 7) is 1.49. The molecule has 0 atom stereocenters. The summed E-state index contributed by atoms with van der Waals surface area (Å²) in [5.41, 5.74) is 0.737. The summed E-state index contributed by atoms with van der Waals surface area (Å²) >= 11 is 0. The number of nitrogens with zero attached hydrogens (tertiary/aromatic N) is 2. The molecule has 0 unspecified atom stereocenters. The lowest BCUT2D eigenvalue weighted by Crippen LogP contribution is -2.24. The molecule has 6 nitrogen and oxygen atoms in total. The zero-order valence-corrected chi connectivity index (χ0v) is 12.7. The fraction of sp³-hybridized carbons (Fsp3) is 0.308. The standard InChI is InChI=1S/C13H16FN3O3S/c1-9-12(5-4-11(20-3)13(9)14)21(18,19)16-7-10-6-15-17(2)8-10/h4-6,8,16H,7H2,1-3H3. The summed E-state index contributed by atoms with van der Waals surface area (Å²) in [6.07, 6.45) is 3.26. The van der Waals surface area contributed by atoms with Crippen LogP contribution in [-0.2, 0) is 23.6 Å². The molecule has 21 heavy (non-hydrogen) atoms. The summed E-state index contributed by atoms with van der Waals surface area (Å²) < 4.78 is 47.2. The van der Waals surface area contributed by atoms with E-state index in [1.165, 1.54) is 26.2 Å². The zero-order valence-electron chi connectivity index (χ0n) is 11.9. The van der Waals surface area contributed by atoms with Crippen LogP contribution in [0.25, 0.3) is 0 Å². The summed E-state index contributed by atoms with van der Waals surface area (Å²) in [5.74, 6) is -0.666. The highest BCUT2D eigenvalue weighted by molar-refractivity contribution is 7.89. The fourth-order valence-corrected chi connectivity index (χ4v) is 3.16. The van der Waals surface area contributed by atoms with Crippen LogP contribution < -0.4 is 9.46 Å². The highest BCUT2D eigenvalue weighted by atomic mass is 32.2.